The Balaban J connectivity index is 1.59. The van der Waals surface area contributed by atoms with Crippen LogP contribution in [0.3, 0.4) is 0 Å². The standard InChI is InChI=1S/C45H48Cl2N2O4S/c1-6-18-33(31(5)32-19-12-10-13-20-32)26-34-27-43-37(28-39(34)46)45(36-23-16-17-24-42(36)53-54(50,51)48(8-3)9-4)38-29-40(47)41(30-44(38)52-43)49(25-7-2)35-21-14-11-15-22-35/h10-17,19-24,26-31,33H,6-9,18,25H2,1-5H3/b34-26+. The summed E-state index contributed by atoms with van der Waals surface area (Å²) in [7, 11) is -4.09. The third kappa shape index (κ3) is 8.35. The normalized spacial score (nSPS) is 13.9. The van der Waals surface area contributed by atoms with E-state index in [-0.39, 0.29) is 30.7 Å². The lowest BCUT2D eigenvalue weighted by Crippen LogP contribution is -2.34. The summed E-state index contributed by atoms with van der Waals surface area (Å²) in [6, 6.07) is 35.7. The van der Waals surface area contributed by atoms with Crippen LogP contribution in [-0.4, -0.2) is 32.4 Å². The SMILES string of the molecule is CCCC(/C=c1\cc2c(cc1Cl)=C(c1ccccc1OS(=O)(=O)N(CC)CC)c1cc(Cl)c(N(CCC)c3ccccc3)cc1O2)C(C)c1ccccc1. The Kier molecular flexibility index (Phi) is 12.7. The molecule has 282 valence electrons. The molecule has 6 nitrogen and oxygen atoms in total. The first-order valence-corrected chi connectivity index (χ1v) is 21.0. The highest BCUT2D eigenvalue weighted by Gasteiger charge is 2.29. The van der Waals surface area contributed by atoms with E-state index in [2.05, 4.69) is 68.1 Å². The van der Waals surface area contributed by atoms with E-state index >= 15 is 0 Å². The van der Waals surface area contributed by atoms with Gasteiger partial charge in [-0.1, -0.05) is 137 Å². The number of fused-ring (bicyclic) bond motifs is 2. The van der Waals surface area contributed by atoms with E-state index in [1.165, 1.54) is 9.87 Å². The number of halogens is 2. The van der Waals surface area contributed by atoms with Crippen molar-refractivity contribution in [2.45, 2.75) is 59.8 Å². The quantitative estimate of drug-likeness (QED) is 0.104. The fraction of sp³-hybridized carbons (Fsp3) is 0.289. The first kappa shape index (κ1) is 39.4. The molecule has 9 heteroatoms. The first-order valence-electron chi connectivity index (χ1n) is 18.8. The molecule has 0 aliphatic carbocycles. The Morgan fingerprint density at radius 1 is 0.759 bits per heavy atom. The summed E-state index contributed by atoms with van der Waals surface area (Å²) < 4.78 is 41.0. The molecule has 0 N–H and O–H groups in total. The van der Waals surface area contributed by atoms with Gasteiger partial charge in [-0.15, -0.1) is 0 Å². The van der Waals surface area contributed by atoms with Gasteiger partial charge in [0, 0.05) is 58.3 Å². The molecule has 1 heterocycles. The molecule has 0 radical (unpaired) electrons. The van der Waals surface area contributed by atoms with Gasteiger partial charge in [0.05, 0.1) is 10.7 Å². The van der Waals surface area contributed by atoms with Gasteiger partial charge in [0.15, 0.2) is 5.75 Å². The summed E-state index contributed by atoms with van der Waals surface area (Å²) >= 11 is 14.4. The minimum absolute atomic E-state index is 0.196. The summed E-state index contributed by atoms with van der Waals surface area (Å²) in [5, 5.41) is 2.67. The second-order valence-corrected chi connectivity index (χ2v) is 15.9. The van der Waals surface area contributed by atoms with Gasteiger partial charge < -0.3 is 13.8 Å². The van der Waals surface area contributed by atoms with E-state index in [1.54, 1.807) is 26.0 Å². The maximum Gasteiger partial charge on any atom is 0.385 e. The van der Waals surface area contributed by atoms with Crippen molar-refractivity contribution in [1.82, 2.24) is 4.31 Å². The summed E-state index contributed by atoms with van der Waals surface area (Å²) in [6.07, 6.45) is 5.18. The molecule has 5 aromatic rings. The monoisotopic (exact) mass is 782 g/mol. The highest BCUT2D eigenvalue weighted by Crippen LogP contribution is 2.45. The van der Waals surface area contributed by atoms with Crippen molar-refractivity contribution in [3.8, 4) is 17.2 Å². The molecule has 0 amide bonds. The van der Waals surface area contributed by atoms with Gasteiger partial charge in [0.1, 0.15) is 11.5 Å². The maximum absolute atomic E-state index is 13.5. The number of benzene rings is 5. The zero-order valence-electron chi connectivity index (χ0n) is 31.6. The lowest BCUT2D eigenvalue weighted by atomic mass is 9.84. The largest absolute Gasteiger partial charge is 0.456 e. The molecular weight excluding hydrogens is 735 g/mol. The second kappa shape index (κ2) is 17.5. The van der Waals surface area contributed by atoms with Crippen molar-refractivity contribution in [2.75, 3.05) is 24.5 Å². The molecule has 1 aliphatic heterocycles. The number of ether oxygens (including phenoxy) is 1. The number of para-hydroxylation sites is 2. The van der Waals surface area contributed by atoms with Gasteiger partial charge in [-0.25, -0.2) is 0 Å². The van der Waals surface area contributed by atoms with Crippen LogP contribution in [-0.2, 0) is 10.3 Å². The zero-order chi connectivity index (χ0) is 38.4. The Hall–Kier alpha value is -4.27. The molecule has 1 aliphatic rings. The topological polar surface area (TPSA) is 59.1 Å². The van der Waals surface area contributed by atoms with E-state index in [0.29, 0.717) is 43.5 Å². The maximum atomic E-state index is 13.5. The predicted octanol–water partition coefficient (Wildman–Crippen LogP) is 10.9. The van der Waals surface area contributed by atoms with E-state index in [9.17, 15) is 8.42 Å². The molecule has 0 spiro atoms. The summed E-state index contributed by atoms with van der Waals surface area (Å²) in [5.74, 6) is 1.89. The van der Waals surface area contributed by atoms with Gasteiger partial charge in [-0.2, -0.15) is 12.7 Å². The number of hydrogen-bond acceptors (Lipinski definition) is 5. The van der Waals surface area contributed by atoms with Crippen molar-refractivity contribution in [3.63, 3.8) is 0 Å². The number of hydrogen-bond donors (Lipinski definition) is 0. The number of anilines is 2. The minimum atomic E-state index is -4.09. The number of rotatable bonds is 15. The Morgan fingerprint density at radius 2 is 1.43 bits per heavy atom. The fourth-order valence-corrected chi connectivity index (χ4v) is 8.88. The molecule has 0 saturated carbocycles. The third-order valence-corrected chi connectivity index (χ3v) is 12.2. The Labute approximate surface area is 330 Å². The lowest BCUT2D eigenvalue weighted by Gasteiger charge is -2.29. The summed E-state index contributed by atoms with van der Waals surface area (Å²) in [4.78, 5) is 2.19. The number of nitrogens with zero attached hydrogens (tertiary/aromatic N) is 2. The fourth-order valence-electron chi connectivity index (χ4n) is 7.28. The Bertz CT molecular complexity index is 2310. The summed E-state index contributed by atoms with van der Waals surface area (Å²) in [6.45, 7) is 11.5. The second-order valence-electron chi connectivity index (χ2n) is 13.6. The molecule has 0 fully saturated rings. The van der Waals surface area contributed by atoms with Crippen LogP contribution in [0.2, 0.25) is 10.0 Å². The Morgan fingerprint density at radius 3 is 2.09 bits per heavy atom. The van der Waals surface area contributed by atoms with Gasteiger partial charge in [0.25, 0.3) is 0 Å². The van der Waals surface area contributed by atoms with Crippen LogP contribution in [0.1, 0.15) is 76.5 Å². The van der Waals surface area contributed by atoms with E-state index in [4.69, 9.17) is 32.1 Å². The van der Waals surface area contributed by atoms with Crippen LogP contribution in [0.15, 0.2) is 109 Å². The zero-order valence-corrected chi connectivity index (χ0v) is 33.9. The van der Waals surface area contributed by atoms with Crippen LogP contribution in [0.4, 0.5) is 11.4 Å². The molecule has 0 aromatic heterocycles. The smallest absolute Gasteiger partial charge is 0.385 e. The molecule has 6 rings (SSSR count). The van der Waals surface area contributed by atoms with E-state index in [0.717, 1.165) is 42.4 Å². The molecule has 2 unspecified atom stereocenters. The van der Waals surface area contributed by atoms with Gasteiger partial charge >= 0.3 is 10.3 Å². The van der Waals surface area contributed by atoms with Crippen molar-refractivity contribution in [1.29, 1.82) is 0 Å². The van der Waals surface area contributed by atoms with Crippen LogP contribution >= 0.6 is 23.2 Å². The van der Waals surface area contributed by atoms with E-state index < -0.39 is 10.3 Å². The van der Waals surface area contributed by atoms with Crippen LogP contribution in [0.25, 0.3) is 11.6 Å². The summed E-state index contributed by atoms with van der Waals surface area (Å²) in [5.41, 5.74) is 5.08. The molecule has 54 heavy (non-hydrogen) atoms. The van der Waals surface area contributed by atoms with Crippen molar-refractivity contribution in [3.05, 3.63) is 146 Å². The highest BCUT2D eigenvalue weighted by molar-refractivity contribution is 7.84. The molecule has 0 saturated heterocycles. The average molecular weight is 784 g/mol. The molecular formula is C45H48Cl2N2O4S. The van der Waals surface area contributed by atoms with Gasteiger partial charge in [0.2, 0.25) is 0 Å². The average Bonchev–Trinajstić information content (AvgIpc) is 3.17. The van der Waals surface area contributed by atoms with Crippen LogP contribution < -0.4 is 24.3 Å². The molecule has 2 atom stereocenters. The predicted molar refractivity (Wildman–Crippen MR) is 224 cm³/mol. The molecule has 5 aromatic carbocycles. The first-order chi connectivity index (χ1) is 26.1. The van der Waals surface area contributed by atoms with Gasteiger partial charge in [-0.05, 0) is 71.9 Å². The highest BCUT2D eigenvalue weighted by atomic mass is 35.5. The van der Waals surface area contributed by atoms with Crippen LogP contribution in [0, 0.1) is 5.92 Å². The van der Waals surface area contributed by atoms with Crippen molar-refractivity contribution >= 4 is 56.5 Å². The van der Waals surface area contributed by atoms with Crippen LogP contribution in [0.5, 0.6) is 17.2 Å². The van der Waals surface area contributed by atoms with Crippen molar-refractivity contribution < 1.29 is 17.3 Å². The minimum Gasteiger partial charge on any atom is -0.456 e. The lowest BCUT2D eigenvalue weighted by molar-refractivity contribution is 0.376. The molecule has 0 bridgehead atoms. The van der Waals surface area contributed by atoms with Crippen molar-refractivity contribution in [2.24, 2.45) is 5.92 Å². The third-order valence-electron chi connectivity index (χ3n) is 10.1. The van der Waals surface area contributed by atoms with E-state index in [1.807, 2.05) is 60.7 Å². The van der Waals surface area contributed by atoms with Gasteiger partial charge in [-0.3, -0.25) is 0 Å².